The second kappa shape index (κ2) is 5.29. The summed E-state index contributed by atoms with van der Waals surface area (Å²) in [5, 5.41) is 0.763. The van der Waals surface area contributed by atoms with Gasteiger partial charge in [0.1, 0.15) is 5.82 Å². The lowest BCUT2D eigenvalue weighted by atomic mass is 10.0. The van der Waals surface area contributed by atoms with Crippen LogP contribution < -0.4 is 5.73 Å². The number of nitrogens with two attached hydrogens (primary N) is 1. The third-order valence-corrected chi connectivity index (χ3v) is 4.80. The summed E-state index contributed by atoms with van der Waals surface area (Å²) in [6.07, 6.45) is 1.67. The molecule has 7 heteroatoms. The summed E-state index contributed by atoms with van der Waals surface area (Å²) in [6, 6.07) is 8.74. The van der Waals surface area contributed by atoms with Crippen LogP contribution in [-0.2, 0) is 10.1 Å². The lowest BCUT2D eigenvalue weighted by Gasteiger charge is -2.11. The first kappa shape index (κ1) is 15.4. The van der Waals surface area contributed by atoms with Gasteiger partial charge in [0.05, 0.1) is 16.1 Å². The van der Waals surface area contributed by atoms with Gasteiger partial charge in [-0.05, 0) is 55.3 Å². The fourth-order valence-electron chi connectivity index (χ4n) is 2.75. The van der Waals surface area contributed by atoms with Crippen molar-refractivity contribution in [1.82, 2.24) is 9.97 Å². The van der Waals surface area contributed by atoms with Gasteiger partial charge in [0.15, 0.2) is 0 Å². The van der Waals surface area contributed by atoms with E-state index in [9.17, 15) is 13.0 Å². The number of hydrogen-bond donors (Lipinski definition) is 2. The molecule has 0 atom stereocenters. The molecule has 2 aromatic heterocycles. The number of rotatable bonds is 2. The van der Waals surface area contributed by atoms with Crippen LogP contribution in [-0.4, -0.2) is 22.9 Å². The Kier molecular flexibility index (Phi) is 3.54. The second-order valence-corrected chi connectivity index (χ2v) is 6.74. The summed E-state index contributed by atoms with van der Waals surface area (Å²) in [5.41, 5.74) is 8.90. The molecule has 0 radical (unpaired) electrons. The Labute approximate surface area is 133 Å². The molecule has 0 saturated carbocycles. The predicted octanol–water partition coefficient (Wildman–Crippen LogP) is 2.74. The summed E-state index contributed by atoms with van der Waals surface area (Å²) in [5.74, 6) is 0.361. The minimum absolute atomic E-state index is 0.0758. The van der Waals surface area contributed by atoms with E-state index in [1.165, 1.54) is 0 Å². The number of aromatic nitrogens is 2. The molecule has 23 heavy (non-hydrogen) atoms. The molecule has 6 nitrogen and oxygen atoms in total. The highest BCUT2D eigenvalue weighted by atomic mass is 32.2. The van der Waals surface area contributed by atoms with Crippen molar-refractivity contribution >= 4 is 26.8 Å². The summed E-state index contributed by atoms with van der Waals surface area (Å²) in [6.45, 7) is 3.25. The number of aryl methyl sites for hydroxylation is 2. The Hall–Kier alpha value is -2.51. The molecular formula is C16H15N3O3S. The maximum atomic E-state index is 11.5. The molecule has 0 saturated heterocycles. The van der Waals surface area contributed by atoms with E-state index in [4.69, 9.17) is 5.73 Å². The number of pyridine rings is 2. The van der Waals surface area contributed by atoms with E-state index in [1.54, 1.807) is 44.3 Å². The Morgan fingerprint density at radius 2 is 1.78 bits per heavy atom. The van der Waals surface area contributed by atoms with Gasteiger partial charge in [0.25, 0.3) is 10.1 Å². The molecule has 3 aromatic rings. The van der Waals surface area contributed by atoms with Crippen molar-refractivity contribution in [1.29, 1.82) is 0 Å². The van der Waals surface area contributed by atoms with Crippen LogP contribution in [0.1, 0.15) is 11.1 Å². The van der Waals surface area contributed by atoms with Crippen molar-refractivity contribution in [2.45, 2.75) is 18.7 Å². The van der Waals surface area contributed by atoms with E-state index in [1.807, 2.05) is 6.07 Å². The lowest BCUT2D eigenvalue weighted by Crippen LogP contribution is -2.04. The summed E-state index contributed by atoms with van der Waals surface area (Å²) in [4.78, 5) is 8.57. The maximum absolute atomic E-state index is 11.5. The zero-order valence-electron chi connectivity index (χ0n) is 12.6. The molecule has 3 rings (SSSR count). The molecule has 0 spiro atoms. The van der Waals surface area contributed by atoms with Crippen LogP contribution in [0.3, 0.4) is 0 Å². The fraction of sp³-hybridized carbons (Fsp3) is 0.125. The van der Waals surface area contributed by atoms with Gasteiger partial charge in [-0.25, -0.2) is 4.98 Å². The van der Waals surface area contributed by atoms with E-state index in [0.29, 0.717) is 33.7 Å². The molecule has 0 aliphatic rings. The molecule has 0 amide bonds. The first-order valence-electron chi connectivity index (χ1n) is 6.88. The number of anilines is 1. The average molecular weight is 329 g/mol. The molecule has 1 aromatic carbocycles. The number of hydrogen-bond acceptors (Lipinski definition) is 5. The van der Waals surface area contributed by atoms with E-state index >= 15 is 0 Å². The van der Waals surface area contributed by atoms with Crippen LogP contribution in [0.15, 0.2) is 41.4 Å². The number of nitrogens with zero attached hydrogens (tertiary/aromatic N) is 2. The molecule has 0 unspecified atom stereocenters. The average Bonchev–Trinajstić information content (AvgIpc) is 2.45. The Morgan fingerprint density at radius 1 is 1.13 bits per heavy atom. The fourth-order valence-corrected chi connectivity index (χ4v) is 3.69. The van der Waals surface area contributed by atoms with E-state index in [2.05, 4.69) is 9.97 Å². The third kappa shape index (κ3) is 2.76. The van der Waals surface area contributed by atoms with E-state index in [0.717, 1.165) is 5.39 Å². The van der Waals surface area contributed by atoms with Gasteiger partial charge in [-0.2, -0.15) is 8.42 Å². The molecule has 2 heterocycles. The number of benzene rings is 1. The van der Waals surface area contributed by atoms with Gasteiger partial charge < -0.3 is 5.73 Å². The summed E-state index contributed by atoms with van der Waals surface area (Å²) in [7, 11) is -4.26. The van der Waals surface area contributed by atoms with Crippen LogP contribution in [0.25, 0.3) is 22.2 Å². The van der Waals surface area contributed by atoms with Crippen LogP contribution in [0, 0.1) is 13.8 Å². The number of fused-ring (bicyclic) bond motifs is 1. The molecule has 0 fully saturated rings. The first-order chi connectivity index (χ1) is 10.8. The zero-order valence-corrected chi connectivity index (χ0v) is 13.4. The summed E-state index contributed by atoms with van der Waals surface area (Å²) >= 11 is 0. The van der Waals surface area contributed by atoms with Gasteiger partial charge in [-0.3, -0.25) is 9.54 Å². The number of nitrogen functional groups attached to an aromatic ring is 1. The largest absolute Gasteiger partial charge is 0.383 e. The highest BCUT2D eigenvalue weighted by molar-refractivity contribution is 7.86. The van der Waals surface area contributed by atoms with Crippen molar-refractivity contribution in [3.05, 3.63) is 47.7 Å². The lowest BCUT2D eigenvalue weighted by molar-refractivity contribution is 0.482. The monoisotopic (exact) mass is 329 g/mol. The molecule has 0 bridgehead atoms. The Bertz CT molecular complexity index is 1010. The highest BCUT2D eigenvalue weighted by Crippen LogP contribution is 2.29. The second-order valence-electron chi connectivity index (χ2n) is 5.38. The molecule has 118 valence electrons. The smallest absolute Gasteiger partial charge is 0.295 e. The minimum Gasteiger partial charge on any atom is -0.383 e. The van der Waals surface area contributed by atoms with Crippen LogP contribution in [0.2, 0.25) is 0 Å². The highest BCUT2D eigenvalue weighted by Gasteiger charge is 2.18. The molecule has 3 N–H and O–H groups in total. The Morgan fingerprint density at radius 3 is 2.39 bits per heavy atom. The normalized spacial score (nSPS) is 11.8. The van der Waals surface area contributed by atoms with Gasteiger partial charge in [0.2, 0.25) is 0 Å². The minimum atomic E-state index is -4.26. The third-order valence-electron chi connectivity index (χ3n) is 3.64. The van der Waals surface area contributed by atoms with Crippen molar-refractivity contribution < 1.29 is 13.0 Å². The van der Waals surface area contributed by atoms with E-state index in [-0.39, 0.29) is 4.90 Å². The molecule has 0 aliphatic carbocycles. The quantitative estimate of drug-likeness (QED) is 0.700. The Balaban J connectivity index is 2.24. The molecular weight excluding hydrogens is 314 g/mol. The molecule has 0 aliphatic heterocycles. The van der Waals surface area contributed by atoms with Crippen LogP contribution in [0.4, 0.5) is 5.82 Å². The van der Waals surface area contributed by atoms with Crippen molar-refractivity contribution in [2.24, 2.45) is 0 Å². The topological polar surface area (TPSA) is 106 Å². The van der Waals surface area contributed by atoms with Crippen LogP contribution in [0.5, 0.6) is 0 Å². The zero-order chi connectivity index (χ0) is 16.8. The summed E-state index contributed by atoms with van der Waals surface area (Å²) < 4.78 is 32.2. The van der Waals surface area contributed by atoms with Crippen molar-refractivity contribution in [3.8, 4) is 11.3 Å². The standard InChI is InChI=1S/C16H15N3O3S/c1-9-6-11(7-10(2)15(9)23(20,21)22)13-8-14-12(16(17)19-13)4-3-5-18-14/h3-8H,1-2H3,(H2,17,19)(H,20,21,22). The van der Waals surface area contributed by atoms with Crippen LogP contribution >= 0.6 is 0 Å². The van der Waals surface area contributed by atoms with E-state index < -0.39 is 10.1 Å². The van der Waals surface area contributed by atoms with Gasteiger partial charge >= 0.3 is 0 Å². The SMILES string of the molecule is Cc1cc(-c2cc3ncccc3c(N)n2)cc(C)c1S(=O)(=O)O. The van der Waals surface area contributed by atoms with Crippen molar-refractivity contribution in [3.63, 3.8) is 0 Å². The predicted molar refractivity (Wildman–Crippen MR) is 88.7 cm³/mol. The van der Waals surface area contributed by atoms with Gasteiger partial charge in [-0.15, -0.1) is 0 Å². The first-order valence-corrected chi connectivity index (χ1v) is 8.32. The van der Waals surface area contributed by atoms with Crippen molar-refractivity contribution in [2.75, 3.05) is 5.73 Å². The van der Waals surface area contributed by atoms with Gasteiger partial charge in [0, 0.05) is 17.1 Å². The maximum Gasteiger partial charge on any atom is 0.295 e. The van der Waals surface area contributed by atoms with Gasteiger partial charge in [-0.1, -0.05) is 0 Å².